The lowest BCUT2D eigenvalue weighted by Crippen LogP contribution is -2.42. The summed E-state index contributed by atoms with van der Waals surface area (Å²) < 4.78 is 0. The molecule has 1 fully saturated rings. The molecule has 2 heterocycles. The highest BCUT2D eigenvalue weighted by atomic mass is 35.5. The summed E-state index contributed by atoms with van der Waals surface area (Å²) in [5, 5.41) is 13.2. The Kier molecular flexibility index (Phi) is 5.27. The third kappa shape index (κ3) is 3.83. The molecule has 1 aliphatic rings. The van der Waals surface area contributed by atoms with Gasteiger partial charge in [0, 0.05) is 43.0 Å². The van der Waals surface area contributed by atoms with E-state index < -0.39 is 0 Å². The second-order valence-corrected chi connectivity index (χ2v) is 6.25. The van der Waals surface area contributed by atoms with Gasteiger partial charge in [0.1, 0.15) is 0 Å². The minimum absolute atomic E-state index is 0.000370. The second kappa shape index (κ2) is 7.59. The predicted octanol–water partition coefficient (Wildman–Crippen LogP) is 1.29. The van der Waals surface area contributed by atoms with Crippen LogP contribution < -0.4 is 10.2 Å². The molecular weight excluding hydrogens is 328 g/mol. The van der Waals surface area contributed by atoms with E-state index in [0.717, 1.165) is 5.56 Å². The van der Waals surface area contributed by atoms with Crippen molar-refractivity contribution < 1.29 is 9.90 Å². The van der Waals surface area contributed by atoms with Crippen LogP contribution in [0.5, 0.6) is 0 Å². The number of nitrogens with zero attached hydrogens (tertiary/aromatic N) is 3. The van der Waals surface area contributed by atoms with E-state index in [-0.39, 0.29) is 30.9 Å². The summed E-state index contributed by atoms with van der Waals surface area (Å²) in [7, 11) is 0. The van der Waals surface area contributed by atoms with Crippen molar-refractivity contribution in [1.29, 1.82) is 0 Å². The van der Waals surface area contributed by atoms with Gasteiger partial charge >= 0.3 is 0 Å². The number of nitrogens with one attached hydrogen (secondary N) is 1. The average Bonchev–Trinajstić information content (AvgIpc) is 3.00. The van der Waals surface area contributed by atoms with Crippen molar-refractivity contribution >= 4 is 23.5 Å². The highest BCUT2D eigenvalue weighted by molar-refractivity contribution is 6.31. The highest BCUT2D eigenvalue weighted by Gasteiger charge is 2.34. The molecule has 3 rings (SSSR count). The first-order valence-electron chi connectivity index (χ1n) is 7.83. The van der Waals surface area contributed by atoms with Gasteiger partial charge in [-0.25, -0.2) is 9.97 Å². The molecule has 1 aliphatic heterocycles. The van der Waals surface area contributed by atoms with Gasteiger partial charge in [0.2, 0.25) is 11.9 Å². The fourth-order valence-electron chi connectivity index (χ4n) is 2.91. The second-order valence-electron chi connectivity index (χ2n) is 5.84. The molecule has 0 spiro atoms. The number of hydrogen-bond acceptors (Lipinski definition) is 5. The van der Waals surface area contributed by atoms with E-state index in [1.54, 1.807) is 24.5 Å². The fraction of sp³-hybridized carbons (Fsp3) is 0.353. The van der Waals surface area contributed by atoms with Crippen LogP contribution in [0.4, 0.5) is 5.95 Å². The van der Waals surface area contributed by atoms with Crippen LogP contribution in [0.25, 0.3) is 0 Å². The molecule has 2 N–H and O–H groups in total. The van der Waals surface area contributed by atoms with Crippen LogP contribution in [0.1, 0.15) is 5.56 Å². The van der Waals surface area contributed by atoms with Crippen LogP contribution in [-0.4, -0.2) is 46.7 Å². The molecule has 6 nitrogen and oxygen atoms in total. The van der Waals surface area contributed by atoms with E-state index in [0.29, 0.717) is 24.1 Å². The molecule has 1 amide bonds. The van der Waals surface area contributed by atoms with Gasteiger partial charge in [-0.2, -0.15) is 0 Å². The van der Waals surface area contributed by atoms with Crippen molar-refractivity contribution in [1.82, 2.24) is 15.3 Å². The fourth-order valence-corrected chi connectivity index (χ4v) is 3.11. The molecule has 1 aromatic carbocycles. The summed E-state index contributed by atoms with van der Waals surface area (Å²) in [4.78, 5) is 22.7. The summed E-state index contributed by atoms with van der Waals surface area (Å²) >= 11 is 6.10. The number of aromatic nitrogens is 2. The Morgan fingerprint density at radius 1 is 1.25 bits per heavy atom. The molecule has 0 aliphatic carbocycles. The lowest BCUT2D eigenvalue weighted by molar-refractivity contribution is -0.121. The highest BCUT2D eigenvalue weighted by Crippen LogP contribution is 2.21. The van der Waals surface area contributed by atoms with Gasteiger partial charge in [0.15, 0.2) is 0 Å². The van der Waals surface area contributed by atoms with Crippen molar-refractivity contribution in [3.63, 3.8) is 0 Å². The maximum atomic E-state index is 12.3. The van der Waals surface area contributed by atoms with Crippen LogP contribution in [0.2, 0.25) is 5.02 Å². The van der Waals surface area contributed by atoms with Crippen molar-refractivity contribution in [2.24, 2.45) is 5.92 Å². The number of amides is 1. The van der Waals surface area contributed by atoms with Crippen molar-refractivity contribution in [3.05, 3.63) is 53.3 Å². The number of aliphatic hydroxyl groups is 1. The zero-order valence-electron chi connectivity index (χ0n) is 13.1. The SMILES string of the molecule is O=C(Cc1ccccc1Cl)N[C@@H]1CN(c2ncccn2)C[C@H]1CO. The van der Waals surface area contributed by atoms with E-state index in [2.05, 4.69) is 15.3 Å². The molecule has 126 valence electrons. The van der Waals surface area contributed by atoms with E-state index in [1.165, 1.54) is 0 Å². The Morgan fingerprint density at radius 3 is 2.71 bits per heavy atom. The lowest BCUT2D eigenvalue weighted by atomic mass is 10.0. The minimum atomic E-state index is -0.145. The van der Waals surface area contributed by atoms with Gasteiger partial charge < -0.3 is 15.3 Å². The van der Waals surface area contributed by atoms with Crippen LogP contribution >= 0.6 is 11.6 Å². The van der Waals surface area contributed by atoms with Crippen molar-refractivity contribution in [3.8, 4) is 0 Å². The maximum absolute atomic E-state index is 12.3. The van der Waals surface area contributed by atoms with E-state index in [9.17, 15) is 9.90 Å². The third-order valence-electron chi connectivity index (χ3n) is 4.17. The Morgan fingerprint density at radius 2 is 2.00 bits per heavy atom. The predicted molar refractivity (Wildman–Crippen MR) is 91.9 cm³/mol. The van der Waals surface area contributed by atoms with Crippen molar-refractivity contribution in [2.75, 3.05) is 24.6 Å². The van der Waals surface area contributed by atoms with Gasteiger partial charge in [-0.15, -0.1) is 0 Å². The molecule has 0 saturated carbocycles. The summed E-state index contributed by atoms with van der Waals surface area (Å²) in [5.74, 6) is 0.449. The van der Waals surface area contributed by atoms with Crippen LogP contribution in [0.3, 0.4) is 0 Å². The lowest BCUT2D eigenvalue weighted by Gasteiger charge is -2.18. The number of rotatable bonds is 5. The van der Waals surface area contributed by atoms with Crippen LogP contribution in [0.15, 0.2) is 42.7 Å². The number of aliphatic hydroxyl groups excluding tert-OH is 1. The number of anilines is 1. The zero-order chi connectivity index (χ0) is 16.9. The Labute approximate surface area is 145 Å². The van der Waals surface area contributed by atoms with Gasteiger partial charge in [-0.05, 0) is 17.7 Å². The number of carbonyl (C=O) groups is 1. The van der Waals surface area contributed by atoms with Crippen LogP contribution in [-0.2, 0) is 11.2 Å². The smallest absolute Gasteiger partial charge is 0.225 e. The van der Waals surface area contributed by atoms with Gasteiger partial charge in [-0.3, -0.25) is 4.79 Å². The summed E-state index contributed by atoms with van der Waals surface area (Å²) in [6.45, 7) is 1.18. The molecule has 1 aromatic heterocycles. The third-order valence-corrected chi connectivity index (χ3v) is 4.53. The number of halogens is 1. The number of carbonyl (C=O) groups excluding carboxylic acids is 1. The molecule has 0 unspecified atom stereocenters. The summed E-state index contributed by atoms with van der Waals surface area (Å²) in [6.07, 6.45) is 3.58. The first-order valence-corrected chi connectivity index (χ1v) is 8.20. The van der Waals surface area contributed by atoms with E-state index >= 15 is 0 Å². The summed E-state index contributed by atoms with van der Waals surface area (Å²) in [6, 6.07) is 8.91. The molecule has 0 radical (unpaired) electrons. The van der Waals surface area contributed by atoms with Crippen molar-refractivity contribution in [2.45, 2.75) is 12.5 Å². The molecule has 2 atom stereocenters. The van der Waals surface area contributed by atoms with Gasteiger partial charge in [0.25, 0.3) is 0 Å². The van der Waals surface area contributed by atoms with E-state index in [1.807, 2.05) is 23.1 Å². The summed E-state index contributed by atoms with van der Waals surface area (Å²) in [5.41, 5.74) is 0.790. The molecule has 1 saturated heterocycles. The minimum Gasteiger partial charge on any atom is -0.396 e. The van der Waals surface area contributed by atoms with Gasteiger partial charge in [0.05, 0.1) is 12.5 Å². The molecule has 24 heavy (non-hydrogen) atoms. The molecule has 0 bridgehead atoms. The Bertz CT molecular complexity index is 698. The monoisotopic (exact) mass is 346 g/mol. The topological polar surface area (TPSA) is 78.4 Å². The van der Waals surface area contributed by atoms with Gasteiger partial charge in [-0.1, -0.05) is 29.8 Å². The largest absolute Gasteiger partial charge is 0.396 e. The number of benzene rings is 1. The average molecular weight is 347 g/mol. The van der Waals surface area contributed by atoms with Crippen LogP contribution in [0, 0.1) is 5.92 Å². The standard InChI is InChI=1S/C17H19ClN4O2/c18-14-5-2-1-4-12(14)8-16(24)21-15-10-22(9-13(15)11-23)17-19-6-3-7-20-17/h1-7,13,15,23H,8-11H2,(H,21,24)/t13-,15+/m0/s1. The first kappa shape index (κ1) is 16.7. The van der Waals surface area contributed by atoms with E-state index in [4.69, 9.17) is 11.6 Å². The Hall–Kier alpha value is -2.18. The first-order chi connectivity index (χ1) is 11.7. The number of hydrogen-bond donors (Lipinski definition) is 2. The molecule has 2 aromatic rings. The normalized spacial score (nSPS) is 20.2. The maximum Gasteiger partial charge on any atom is 0.225 e. The quantitative estimate of drug-likeness (QED) is 0.853. The Balaban J connectivity index is 1.63. The zero-order valence-corrected chi connectivity index (χ0v) is 13.9. The molecular formula is C17H19ClN4O2. The molecule has 7 heteroatoms.